The van der Waals surface area contributed by atoms with E-state index >= 15 is 0 Å². The molecule has 8 heteroatoms. The van der Waals surface area contributed by atoms with Crippen molar-refractivity contribution in [2.24, 2.45) is 9.98 Å². The summed E-state index contributed by atoms with van der Waals surface area (Å²) in [4.78, 5) is 35.2. The van der Waals surface area contributed by atoms with Gasteiger partial charge in [0.1, 0.15) is 34.7 Å². The normalized spacial score (nSPS) is 14.4. The second-order valence-corrected chi connectivity index (χ2v) is 10.5. The van der Waals surface area contributed by atoms with Crippen LogP contribution in [0.4, 0.5) is 0 Å². The Labute approximate surface area is 249 Å². The molecule has 2 rings (SSSR count). The van der Waals surface area contributed by atoms with Crippen LogP contribution in [-0.2, 0) is 19.1 Å². The highest BCUT2D eigenvalue weighted by Gasteiger charge is 2.30. The summed E-state index contributed by atoms with van der Waals surface area (Å²) in [5, 5.41) is 20.7. The molecule has 0 aliphatic rings. The maximum Gasteiger partial charge on any atom is 0.343 e. The summed E-state index contributed by atoms with van der Waals surface area (Å²) < 4.78 is 10.3. The molecule has 0 saturated heterocycles. The lowest BCUT2D eigenvalue weighted by molar-refractivity contribution is -0.139. The molecule has 0 spiro atoms. The van der Waals surface area contributed by atoms with Crippen LogP contribution in [0.25, 0.3) is 0 Å². The molecule has 0 bridgehead atoms. The minimum atomic E-state index is -0.691. The molecule has 2 atom stereocenters. The molecule has 2 N–H and O–H groups in total. The zero-order valence-corrected chi connectivity index (χ0v) is 26.5. The summed E-state index contributed by atoms with van der Waals surface area (Å²) in [7, 11) is 0. The Morgan fingerprint density at radius 1 is 0.667 bits per heavy atom. The summed E-state index contributed by atoms with van der Waals surface area (Å²) in [6.07, 6.45) is 2.66. The molecule has 0 unspecified atom stereocenters. The van der Waals surface area contributed by atoms with Crippen molar-refractivity contribution >= 4 is 24.4 Å². The third-order valence-corrected chi connectivity index (χ3v) is 6.87. The predicted octanol–water partition coefficient (Wildman–Crippen LogP) is 7.25. The number of aryl methyl sites for hydroxylation is 6. The maximum absolute atomic E-state index is 12.7. The number of carbonyl (C=O) groups excluding carboxylic acids is 2. The van der Waals surface area contributed by atoms with Gasteiger partial charge in [-0.05, 0) is 103 Å². The number of hydrogen-bond donors (Lipinski definition) is 2. The van der Waals surface area contributed by atoms with Gasteiger partial charge in [0.05, 0.1) is 13.2 Å². The highest BCUT2D eigenvalue weighted by atomic mass is 16.5. The van der Waals surface area contributed by atoms with Crippen molar-refractivity contribution in [3.8, 4) is 0 Å². The standard InChI is InChI=1S/C34H44N2O6/c1-11-41-33(39)27(25(9)37)17-35-31(29-21(5)13-19(3)14-22(29)6)32(30-23(7)15-20(4)16-24(30)8)36-18-28(26(10)38)34(40)42-12-2/h13-18,31-32,37-38H,11-12H2,1-10H3/b27-25+,28-26+,35-17?,36-18?/t31-,32-/m0/s1. The molecule has 0 fully saturated rings. The van der Waals surface area contributed by atoms with Crippen LogP contribution < -0.4 is 0 Å². The lowest BCUT2D eigenvalue weighted by Crippen LogP contribution is -2.17. The minimum absolute atomic E-state index is 0.0670. The van der Waals surface area contributed by atoms with E-state index in [2.05, 4.69) is 24.3 Å². The molecule has 0 aliphatic carbocycles. The molecule has 8 nitrogen and oxygen atoms in total. The van der Waals surface area contributed by atoms with E-state index in [1.807, 2.05) is 41.5 Å². The number of aliphatic hydroxyl groups excluding tert-OH is 2. The van der Waals surface area contributed by atoms with Crippen molar-refractivity contribution in [2.75, 3.05) is 13.2 Å². The van der Waals surface area contributed by atoms with Gasteiger partial charge in [-0.1, -0.05) is 35.4 Å². The zero-order chi connectivity index (χ0) is 31.7. The van der Waals surface area contributed by atoms with E-state index in [-0.39, 0.29) is 35.9 Å². The van der Waals surface area contributed by atoms with Crippen molar-refractivity contribution in [2.45, 2.75) is 81.3 Å². The molecule has 2 aromatic carbocycles. The summed E-state index contributed by atoms with van der Waals surface area (Å²) in [5.74, 6) is -1.83. The number of ether oxygens (including phenoxy) is 2. The van der Waals surface area contributed by atoms with Gasteiger partial charge in [-0.25, -0.2) is 9.59 Å². The van der Waals surface area contributed by atoms with E-state index in [9.17, 15) is 19.8 Å². The first-order valence-corrected chi connectivity index (χ1v) is 14.1. The second-order valence-electron chi connectivity index (χ2n) is 10.5. The number of hydrogen-bond acceptors (Lipinski definition) is 8. The first kappa shape index (κ1) is 34.0. The van der Waals surface area contributed by atoms with Crippen molar-refractivity contribution in [3.05, 3.63) is 91.4 Å². The van der Waals surface area contributed by atoms with Crippen molar-refractivity contribution in [3.63, 3.8) is 0 Å². The van der Waals surface area contributed by atoms with Gasteiger partial charge in [-0.2, -0.15) is 0 Å². The van der Waals surface area contributed by atoms with Crippen LogP contribution in [-0.4, -0.2) is 47.8 Å². The summed E-state index contributed by atoms with van der Waals surface area (Å²) >= 11 is 0. The Morgan fingerprint density at radius 2 is 0.952 bits per heavy atom. The van der Waals surface area contributed by atoms with Gasteiger partial charge in [-0.15, -0.1) is 0 Å². The Morgan fingerprint density at radius 3 is 1.19 bits per heavy atom. The van der Waals surface area contributed by atoms with E-state index in [4.69, 9.17) is 19.5 Å². The monoisotopic (exact) mass is 576 g/mol. The van der Waals surface area contributed by atoms with Gasteiger partial charge in [0.25, 0.3) is 0 Å². The molecular weight excluding hydrogens is 532 g/mol. The van der Waals surface area contributed by atoms with Gasteiger partial charge in [0, 0.05) is 12.4 Å². The van der Waals surface area contributed by atoms with E-state index < -0.39 is 24.0 Å². The smallest absolute Gasteiger partial charge is 0.343 e. The average molecular weight is 577 g/mol. The molecule has 0 aliphatic heterocycles. The average Bonchev–Trinajstić information content (AvgIpc) is 2.85. The van der Waals surface area contributed by atoms with E-state index in [1.165, 1.54) is 26.3 Å². The second kappa shape index (κ2) is 15.1. The SMILES string of the molecule is CCOC(=O)/C(C=N[C@@H](c1c(C)cc(C)cc1C)[C@@H](N=C/C(C(=O)OCC)=C(/C)O)c1c(C)cc(C)cc1C)=C(\C)O. The number of esters is 2. The fourth-order valence-electron chi connectivity index (χ4n) is 5.26. The fraction of sp³-hybridized carbons (Fsp3) is 0.412. The quantitative estimate of drug-likeness (QED) is 0.126. The molecule has 0 aromatic heterocycles. The van der Waals surface area contributed by atoms with Gasteiger partial charge in [0.2, 0.25) is 0 Å². The van der Waals surface area contributed by atoms with Crippen LogP contribution in [0.2, 0.25) is 0 Å². The minimum Gasteiger partial charge on any atom is -0.512 e. The van der Waals surface area contributed by atoms with E-state index in [0.29, 0.717) is 0 Å². The first-order chi connectivity index (χ1) is 19.7. The number of carbonyl (C=O) groups is 2. The van der Waals surface area contributed by atoms with Crippen molar-refractivity contribution in [1.82, 2.24) is 0 Å². The Kier molecular flexibility index (Phi) is 12.3. The van der Waals surface area contributed by atoms with Crippen LogP contribution in [0.3, 0.4) is 0 Å². The number of allylic oxidation sites excluding steroid dienone is 2. The van der Waals surface area contributed by atoms with Gasteiger partial charge >= 0.3 is 11.9 Å². The Bertz CT molecular complexity index is 1280. The lowest BCUT2D eigenvalue weighted by Gasteiger charge is -2.28. The molecule has 42 heavy (non-hydrogen) atoms. The number of rotatable bonds is 11. The Balaban J connectivity index is 2.99. The largest absolute Gasteiger partial charge is 0.512 e. The van der Waals surface area contributed by atoms with Crippen molar-refractivity contribution in [1.29, 1.82) is 0 Å². The maximum atomic E-state index is 12.7. The van der Waals surface area contributed by atoms with Crippen LogP contribution >= 0.6 is 0 Å². The highest BCUT2D eigenvalue weighted by Crippen LogP contribution is 2.41. The highest BCUT2D eigenvalue weighted by molar-refractivity contribution is 6.10. The van der Waals surface area contributed by atoms with Crippen LogP contribution in [0.5, 0.6) is 0 Å². The van der Waals surface area contributed by atoms with Crippen LogP contribution in [0.15, 0.2) is 56.9 Å². The van der Waals surface area contributed by atoms with Crippen LogP contribution in [0.1, 0.15) is 84.3 Å². The summed E-state index contributed by atoms with van der Waals surface area (Å²) in [6, 6.07) is 6.86. The van der Waals surface area contributed by atoms with E-state index in [1.54, 1.807) is 13.8 Å². The van der Waals surface area contributed by atoms with E-state index in [0.717, 1.165) is 44.5 Å². The molecule has 2 aromatic rings. The van der Waals surface area contributed by atoms with Gasteiger partial charge in [0.15, 0.2) is 0 Å². The summed E-state index contributed by atoms with van der Waals surface area (Å²) in [5.41, 5.74) is 7.70. The number of benzene rings is 2. The molecule has 226 valence electrons. The van der Waals surface area contributed by atoms with Gasteiger partial charge in [-0.3, -0.25) is 9.98 Å². The number of nitrogens with zero attached hydrogens (tertiary/aromatic N) is 2. The van der Waals surface area contributed by atoms with Gasteiger partial charge < -0.3 is 19.7 Å². The zero-order valence-electron chi connectivity index (χ0n) is 26.5. The van der Waals surface area contributed by atoms with Crippen molar-refractivity contribution < 1.29 is 29.3 Å². The molecule has 0 saturated carbocycles. The number of aliphatic hydroxyl groups is 2. The predicted molar refractivity (Wildman–Crippen MR) is 168 cm³/mol. The van der Waals surface area contributed by atoms with Crippen LogP contribution in [0, 0.1) is 41.5 Å². The lowest BCUT2D eigenvalue weighted by atomic mass is 9.84. The fourth-order valence-corrected chi connectivity index (χ4v) is 5.26. The molecule has 0 radical (unpaired) electrons. The Hall–Kier alpha value is -4.20. The first-order valence-electron chi connectivity index (χ1n) is 14.1. The molecule has 0 amide bonds. The third kappa shape index (κ3) is 8.41. The molecule has 0 heterocycles. The summed E-state index contributed by atoms with van der Waals surface area (Å²) in [6.45, 7) is 18.5. The molecular formula is C34H44N2O6. The number of aliphatic imine (C=N–C) groups is 2. The third-order valence-electron chi connectivity index (χ3n) is 6.87. The topological polar surface area (TPSA) is 118 Å².